The number of nitro benzene ring substituents is 2. The summed E-state index contributed by atoms with van der Waals surface area (Å²) in [5.74, 6) is -13.2. The second kappa shape index (κ2) is 39.3. The number of alkyl halides is 4. The number of rotatable bonds is 34. The van der Waals surface area contributed by atoms with E-state index in [0.717, 1.165) is 59.8 Å². The van der Waals surface area contributed by atoms with E-state index >= 15 is 0 Å². The van der Waals surface area contributed by atoms with E-state index in [-0.39, 0.29) is 81.7 Å². The zero-order valence-corrected chi connectivity index (χ0v) is 64.5. The van der Waals surface area contributed by atoms with E-state index in [1.807, 2.05) is 0 Å². The minimum atomic E-state index is -5.08. The number of imide groups is 1. The molecule has 6 heterocycles. The van der Waals surface area contributed by atoms with E-state index in [2.05, 4.69) is 57.9 Å². The highest BCUT2D eigenvalue weighted by Gasteiger charge is 2.61. The van der Waals surface area contributed by atoms with Gasteiger partial charge in [0.2, 0.25) is 24.3 Å². The summed E-state index contributed by atoms with van der Waals surface area (Å²) in [6, 6.07) is 22.2. The second-order valence-corrected chi connectivity index (χ2v) is 29.2. The van der Waals surface area contributed by atoms with Gasteiger partial charge in [-0.15, -0.1) is 0 Å². The molecule has 636 valence electrons. The van der Waals surface area contributed by atoms with Crippen molar-refractivity contribution in [3.63, 3.8) is 0 Å². The molecule has 0 radical (unpaired) electrons. The fourth-order valence-electron chi connectivity index (χ4n) is 11.9. The van der Waals surface area contributed by atoms with Crippen molar-refractivity contribution in [1.82, 2.24) is 29.8 Å². The van der Waals surface area contributed by atoms with Crippen LogP contribution in [-0.4, -0.2) is 186 Å². The first-order valence-electron chi connectivity index (χ1n) is 35.7. The van der Waals surface area contributed by atoms with Crippen molar-refractivity contribution in [1.29, 1.82) is 0 Å². The Balaban J connectivity index is 0.000000273. The Hall–Kier alpha value is -12.7. The molecule has 2 aromatic heterocycles. The Morgan fingerprint density at radius 3 is 1.20 bits per heavy atom. The van der Waals surface area contributed by atoms with Crippen molar-refractivity contribution >= 4 is 114 Å². The molecule has 0 saturated carbocycles. The predicted molar refractivity (Wildman–Crippen MR) is 412 cm³/mol. The van der Waals surface area contributed by atoms with Crippen molar-refractivity contribution in [3.05, 3.63) is 232 Å². The number of aromatic nitrogens is 2. The molecule has 4 aliphatic rings. The Labute approximate surface area is 673 Å². The molecule has 4 aliphatic heterocycles. The number of halogens is 4. The summed E-state index contributed by atoms with van der Waals surface area (Å²) in [4.78, 5) is 197. The Morgan fingerprint density at radius 2 is 0.850 bits per heavy atom. The number of nitrogens with zero attached hydrogens (tertiary/aromatic N) is 8. The summed E-state index contributed by atoms with van der Waals surface area (Å²) < 4.78 is 100. The SMILES string of the molecule is C/C(=N\NC(=O)c1ccc(NC(=O)CCCCCN2C(=O)C=CC2=O)cc1[N+](=O)[O-])c1ccc(C(=O)Nc2ccn([C@@H]3O[C@H](COP(=O)(O)O)C(O)C3(F)F)c(=O)c2)cc1.C=C1C=CC(=O)N1CCCCCC(=O)Nc1ccc(C(=O)N/N=C(\C)c2ccc(C(=O)Nc3ccn([C@@H]4O[C@H](COP(=O)(O)O)C(O)C4(F)F)c(=O)c3)cc2)c([N+](=O)[O-])c1. The molecule has 41 nitrogen and oxygen atoms in total. The first kappa shape index (κ1) is 91.3. The number of carbonyl (C=O) groups is 9. The molecule has 10 rings (SSSR count). The van der Waals surface area contributed by atoms with Gasteiger partial charge in [-0.25, -0.2) is 20.0 Å². The lowest BCUT2D eigenvalue weighted by molar-refractivity contribution is -0.385. The lowest BCUT2D eigenvalue weighted by atomic mass is 10.1. The van der Waals surface area contributed by atoms with Crippen molar-refractivity contribution < 1.29 is 128 Å². The summed E-state index contributed by atoms with van der Waals surface area (Å²) in [5.41, 5.74) is 2.52. The Kier molecular flexibility index (Phi) is 29.9. The number of aliphatic hydroxyl groups excluding tert-OH is 2. The number of anilines is 4. The van der Waals surface area contributed by atoms with Crippen LogP contribution in [0.3, 0.4) is 0 Å². The molecule has 0 bridgehead atoms. The number of phosphoric ester groups is 2. The second-order valence-electron chi connectivity index (χ2n) is 26.7. The highest BCUT2D eigenvalue weighted by Crippen LogP contribution is 2.46. The average Bonchev–Trinajstić information content (AvgIpc) is 1.61. The number of benzene rings is 4. The van der Waals surface area contributed by atoms with Crippen LogP contribution in [0, 0.1) is 20.2 Å². The summed E-state index contributed by atoms with van der Waals surface area (Å²) in [5, 5.41) is 61.5. The molecule has 120 heavy (non-hydrogen) atoms. The van der Waals surface area contributed by atoms with Crippen LogP contribution in [0.15, 0.2) is 178 Å². The van der Waals surface area contributed by atoms with Crippen LogP contribution in [0.5, 0.6) is 0 Å². The maximum Gasteiger partial charge on any atom is 0.469 e. The normalized spacial score (nSPS) is 18.7. The van der Waals surface area contributed by atoms with Crippen LogP contribution in [0.25, 0.3) is 0 Å². The topological polar surface area (TPSA) is 580 Å². The van der Waals surface area contributed by atoms with E-state index in [0.29, 0.717) is 71.0 Å². The largest absolute Gasteiger partial charge is 0.469 e. The molecule has 9 amide bonds. The molecule has 2 saturated heterocycles. The minimum absolute atomic E-state index is 0.0635. The number of phosphoric acid groups is 2. The number of unbranched alkanes of at least 4 members (excludes halogenated alkanes) is 4. The third-order valence-corrected chi connectivity index (χ3v) is 19.2. The van der Waals surface area contributed by atoms with Gasteiger partial charge in [0, 0.05) is 120 Å². The monoisotopic (exact) mass is 1720 g/mol. The first-order chi connectivity index (χ1) is 56.5. The van der Waals surface area contributed by atoms with Crippen LogP contribution in [0.2, 0.25) is 0 Å². The molecule has 47 heteroatoms. The number of aliphatic hydroxyl groups is 2. The van der Waals surface area contributed by atoms with E-state index in [1.165, 1.54) is 98.8 Å². The molecule has 12 N–H and O–H groups in total. The zero-order valence-electron chi connectivity index (χ0n) is 62.8. The van der Waals surface area contributed by atoms with Gasteiger partial charge in [0.25, 0.3) is 63.8 Å². The Bertz CT molecular complexity index is 5020. The van der Waals surface area contributed by atoms with E-state index in [9.17, 15) is 110 Å². The lowest BCUT2D eigenvalue weighted by Crippen LogP contribution is -2.41. The molecule has 6 atom stereocenters. The smallest absolute Gasteiger partial charge is 0.384 e. The first-order valence-corrected chi connectivity index (χ1v) is 38.7. The fraction of sp³-hybridized carbons (Fsp3) is 0.301. The third kappa shape index (κ3) is 23.8. The maximum absolute atomic E-state index is 14.8. The summed E-state index contributed by atoms with van der Waals surface area (Å²) in [6.07, 6.45) is -3.00. The van der Waals surface area contributed by atoms with E-state index in [4.69, 9.17) is 29.0 Å². The number of hydrogen-bond donors (Lipinski definition) is 12. The molecule has 2 fully saturated rings. The van der Waals surface area contributed by atoms with E-state index in [1.54, 1.807) is 11.0 Å². The average molecular weight is 1720 g/mol. The number of pyridine rings is 2. The number of nitrogens with one attached hydrogen (secondary N) is 6. The molecule has 6 aromatic rings. The van der Waals surface area contributed by atoms with Crippen molar-refractivity contribution in [2.75, 3.05) is 47.6 Å². The summed E-state index contributed by atoms with van der Waals surface area (Å²) in [7, 11) is -10.2. The third-order valence-electron chi connectivity index (χ3n) is 18.2. The number of nitro groups is 2. The van der Waals surface area contributed by atoms with Crippen molar-refractivity contribution in [2.45, 2.75) is 114 Å². The molecular weight excluding hydrogens is 1640 g/mol. The highest BCUT2D eigenvalue weighted by atomic mass is 31.2. The van der Waals surface area contributed by atoms with Crippen LogP contribution >= 0.6 is 15.6 Å². The number of amides is 9. The molecule has 0 aliphatic carbocycles. The van der Waals surface area contributed by atoms with Gasteiger partial charge in [-0.2, -0.15) is 27.8 Å². The summed E-state index contributed by atoms with van der Waals surface area (Å²) >= 11 is 0. The van der Waals surface area contributed by atoms with Gasteiger partial charge in [-0.3, -0.25) is 96.1 Å². The molecular formula is C73H74F4N14O27P2. The van der Waals surface area contributed by atoms with Gasteiger partial charge in [0.05, 0.1) is 34.5 Å². The molecule has 2 unspecified atom stereocenters. The molecule has 4 aromatic carbocycles. The van der Waals surface area contributed by atoms with Crippen LogP contribution < -0.4 is 43.2 Å². The standard InChI is InChI=1S/C37H38F2N7O13P.C36H36F2N7O14P/c1-21-7-14-31(48)44(21)16-5-3-4-6-30(47)40-25-12-13-27(28(18-25)46(53)54)35(52)43-42-22(2)23-8-10-24(11-9-23)34(51)41-26-15-17-45(32(49)19-26)36-37(38,39)33(50)29(59-36)20-58-60(55,56)57;1-20(41-42-34(52)25-11-10-23(17-26(25)45(53)54)39-28(46)5-3-2-4-15-43-29(47)12-13-30(43)48)21-6-8-22(9-7-21)33(51)40-24-14-16-44(31(49)18-24)35-36(37,38)32(50)27(59-35)19-58-60(55,56)57/h7-15,17-19,29,33,36,50H,1,3-6,16,20H2,2H3,(H,40,47)(H,41,51)(H,43,52)(H2,55,56,57);6-14,16-18,27,32,35,50H,2-5,15,19H2,1H3,(H,39,46)(H,40,51)(H,42,52)(H2,55,56,57)/b42-22+;41-20+/t29-,33?,36-;27-,32?,35-/m11/s1. The summed E-state index contributed by atoms with van der Waals surface area (Å²) in [6.45, 7) is 5.32. The van der Waals surface area contributed by atoms with Crippen LogP contribution in [-0.2, 0) is 51.6 Å². The van der Waals surface area contributed by atoms with Gasteiger partial charge in [0.1, 0.15) is 23.3 Å². The van der Waals surface area contributed by atoms with Crippen molar-refractivity contribution in [2.24, 2.45) is 10.2 Å². The van der Waals surface area contributed by atoms with Crippen LogP contribution in [0.4, 0.5) is 51.7 Å². The lowest BCUT2D eigenvalue weighted by Gasteiger charge is -2.21. The quantitative estimate of drug-likeness (QED) is 0.00409. The minimum Gasteiger partial charge on any atom is -0.384 e. The van der Waals surface area contributed by atoms with Gasteiger partial charge < -0.3 is 65.4 Å². The van der Waals surface area contributed by atoms with E-state index < -0.39 is 157 Å². The highest BCUT2D eigenvalue weighted by molar-refractivity contribution is 7.46. The zero-order chi connectivity index (χ0) is 87.9. The number of carbonyl (C=O) groups excluding carboxylic acids is 9. The number of ether oxygens (including phenoxy) is 2. The number of hydrazone groups is 2. The van der Waals surface area contributed by atoms with Gasteiger partial charge in [-0.1, -0.05) is 43.7 Å². The van der Waals surface area contributed by atoms with Gasteiger partial charge in [-0.05, 0) is 117 Å². The maximum atomic E-state index is 14.8. The fourth-order valence-corrected chi connectivity index (χ4v) is 12.6. The van der Waals surface area contributed by atoms with Gasteiger partial charge in [0.15, 0.2) is 12.2 Å². The van der Waals surface area contributed by atoms with Crippen LogP contribution in [0.1, 0.15) is 130 Å². The van der Waals surface area contributed by atoms with Gasteiger partial charge >= 0.3 is 27.5 Å². The number of hydrogen-bond acceptors (Lipinski definition) is 25. The Morgan fingerprint density at radius 1 is 0.500 bits per heavy atom. The van der Waals surface area contributed by atoms with Crippen molar-refractivity contribution in [3.8, 4) is 0 Å². The number of allylic oxidation sites excluding steroid dienone is 1. The molecule has 0 spiro atoms. The predicted octanol–water partition coefficient (Wildman–Crippen LogP) is 6.17.